The first-order valence-electron chi connectivity index (χ1n) is 4.54. The van der Waals surface area contributed by atoms with E-state index in [1.54, 1.807) is 17.9 Å². The first-order chi connectivity index (χ1) is 8.06. The number of nitrogens with one attached hydrogen (secondary N) is 1. The third-order valence-corrected chi connectivity index (χ3v) is 2.83. The smallest absolute Gasteiger partial charge is 0.260 e. The molecule has 0 spiro atoms. The molecule has 0 saturated heterocycles. The third kappa shape index (κ3) is 2.89. The van der Waals surface area contributed by atoms with E-state index >= 15 is 0 Å². The fourth-order valence-corrected chi connectivity index (χ4v) is 2.06. The Bertz CT molecular complexity index is 568. The predicted molar refractivity (Wildman–Crippen MR) is 68.6 cm³/mol. The highest BCUT2D eigenvalue weighted by atomic mass is 79.9. The number of amides is 1. The maximum Gasteiger partial charge on any atom is 0.260 e. The van der Waals surface area contributed by atoms with Crippen molar-refractivity contribution in [2.24, 2.45) is 7.05 Å². The number of anilines is 1. The molecule has 88 valence electrons. The van der Waals surface area contributed by atoms with E-state index < -0.39 is 0 Å². The average Bonchev–Trinajstić information content (AvgIpc) is 2.69. The molecular formula is C9H7Br2N5O. The Hall–Kier alpha value is -1.28. The van der Waals surface area contributed by atoms with Crippen molar-refractivity contribution in [3.8, 4) is 0 Å². The van der Waals surface area contributed by atoms with Gasteiger partial charge in [-0.05, 0) is 31.9 Å². The zero-order chi connectivity index (χ0) is 12.4. The normalized spacial score (nSPS) is 10.3. The molecule has 2 aromatic heterocycles. The quantitative estimate of drug-likeness (QED) is 0.888. The number of rotatable bonds is 2. The van der Waals surface area contributed by atoms with E-state index in [0.717, 1.165) is 0 Å². The highest BCUT2D eigenvalue weighted by Crippen LogP contribution is 2.19. The predicted octanol–water partition coefficient (Wildman–Crippen LogP) is 1.99. The fraction of sp³-hybridized carbons (Fsp3) is 0.111. The molecule has 1 N–H and O–H groups in total. The molecule has 2 heterocycles. The van der Waals surface area contributed by atoms with Crippen LogP contribution >= 0.6 is 31.9 Å². The summed E-state index contributed by atoms with van der Waals surface area (Å²) in [6.07, 6.45) is 4.61. The monoisotopic (exact) mass is 359 g/mol. The van der Waals surface area contributed by atoms with E-state index in [2.05, 4.69) is 52.2 Å². The Morgan fingerprint density at radius 1 is 1.41 bits per heavy atom. The van der Waals surface area contributed by atoms with Gasteiger partial charge in [-0.3, -0.25) is 9.48 Å². The summed E-state index contributed by atoms with van der Waals surface area (Å²) < 4.78 is 2.60. The molecule has 2 rings (SSSR count). The van der Waals surface area contributed by atoms with E-state index in [9.17, 15) is 4.79 Å². The second-order valence-corrected chi connectivity index (χ2v) is 4.75. The van der Waals surface area contributed by atoms with Crippen molar-refractivity contribution in [3.05, 3.63) is 33.4 Å². The van der Waals surface area contributed by atoms with Gasteiger partial charge in [0.2, 0.25) is 0 Å². The molecule has 0 fully saturated rings. The molecule has 0 atom stereocenters. The molecule has 0 aliphatic heterocycles. The lowest BCUT2D eigenvalue weighted by Crippen LogP contribution is -2.13. The zero-order valence-electron chi connectivity index (χ0n) is 8.69. The molecule has 0 saturated carbocycles. The number of hydrogen-bond acceptors (Lipinski definition) is 4. The van der Waals surface area contributed by atoms with Crippen LogP contribution in [0, 0.1) is 0 Å². The number of nitrogens with zero attached hydrogens (tertiary/aromatic N) is 4. The first kappa shape index (κ1) is 12.2. The van der Waals surface area contributed by atoms with Gasteiger partial charge >= 0.3 is 0 Å². The van der Waals surface area contributed by atoms with Crippen LogP contribution in [0.2, 0.25) is 0 Å². The highest BCUT2D eigenvalue weighted by Gasteiger charge is 2.11. The number of aryl methyl sites for hydroxylation is 1. The fourth-order valence-electron chi connectivity index (χ4n) is 1.15. The maximum absolute atomic E-state index is 11.8. The highest BCUT2D eigenvalue weighted by molar-refractivity contribution is 9.11. The molecule has 0 aliphatic carbocycles. The van der Waals surface area contributed by atoms with Crippen LogP contribution in [0.3, 0.4) is 0 Å². The summed E-state index contributed by atoms with van der Waals surface area (Å²) in [5.41, 5.74) is 0.462. The maximum atomic E-state index is 11.8. The zero-order valence-corrected chi connectivity index (χ0v) is 11.9. The van der Waals surface area contributed by atoms with E-state index in [1.165, 1.54) is 12.4 Å². The SMILES string of the molecule is Cn1cc(C(=O)Nc2ncc(Br)nc2Br)cn1. The van der Waals surface area contributed by atoms with Gasteiger partial charge in [0.05, 0.1) is 18.0 Å². The van der Waals surface area contributed by atoms with Crippen molar-refractivity contribution in [1.82, 2.24) is 19.7 Å². The van der Waals surface area contributed by atoms with Crippen LogP contribution in [0.1, 0.15) is 10.4 Å². The van der Waals surface area contributed by atoms with Gasteiger partial charge in [-0.25, -0.2) is 9.97 Å². The lowest BCUT2D eigenvalue weighted by Gasteiger charge is -2.04. The van der Waals surface area contributed by atoms with Crippen molar-refractivity contribution < 1.29 is 4.79 Å². The molecule has 17 heavy (non-hydrogen) atoms. The molecule has 1 amide bonds. The summed E-state index contributed by atoms with van der Waals surface area (Å²) >= 11 is 6.40. The summed E-state index contributed by atoms with van der Waals surface area (Å²) in [5, 5.41) is 6.55. The van der Waals surface area contributed by atoms with Crippen LogP contribution in [0.4, 0.5) is 5.82 Å². The molecule has 0 aromatic carbocycles. The minimum atomic E-state index is -0.282. The van der Waals surface area contributed by atoms with Crippen molar-refractivity contribution in [2.45, 2.75) is 0 Å². The molecule has 0 aliphatic rings. The third-order valence-electron chi connectivity index (χ3n) is 1.90. The molecule has 6 nitrogen and oxygen atoms in total. The molecule has 2 aromatic rings. The molecule has 0 unspecified atom stereocenters. The Labute approximate surface area is 114 Å². The Morgan fingerprint density at radius 2 is 2.18 bits per heavy atom. The largest absolute Gasteiger partial charge is 0.304 e. The molecular weight excluding hydrogens is 354 g/mol. The van der Waals surface area contributed by atoms with Crippen LogP contribution in [0.15, 0.2) is 27.8 Å². The Balaban J connectivity index is 2.18. The van der Waals surface area contributed by atoms with Gasteiger partial charge in [-0.1, -0.05) is 0 Å². The van der Waals surface area contributed by atoms with Crippen LogP contribution < -0.4 is 5.32 Å². The number of aromatic nitrogens is 4. The minimum absolute atomic E-state index is 0.282. The van der Waals surface area contributed by atoms with E-state index in [-0.39, 0.29) is 5.91 Å². The topological polar surface area (TPSA) is 72.7 Å². The number of hydrogen-bond donors (Lipinski definition) is 1. The number of carbonyl (C=O) groups excluding carboxylic acids is 1. The summed E-state index contributed by atoms with van der Waals surface area (Å²) in [5.74, 6) is 0.0810. The summed E-state index contributed by atoms with van der Waals surface area (Å²) in [6.45, 7) is 0. The summed E-state index contributed by atoms with van der Waals surface area (Å²) in [7, 11) is 1.74. The van der Waals surface area contributed by atoms with Gasteiger partial charge in [0.15, 0.2) is 5.82 Å². The van der Waals surface area contributed by atoms with Gasteiger partial charge in [-0.15, -0.1) is 0 Å². The van der Waals surface area contributed by atoms with Crippen molar-refractivity contribution in [1.29, 1.82) is 0 Å². The van der Waals surface area contributed by atoms with E-state index in [1.807, 2.05) is 0 Å². The van der Waals surface area contributed by atoms with E-state index in [0.29, 0.717) is 20.6 Å². The van der Waals surface area contributed by atoms with Crippen LogP contribution in [0.25, 0.3) is 0 Å². The van der Waals surface area contributed by atoms with Crippen LogP contribution in [-0.4, -0.2) is 25.7 Å². The van der Waals surface area contributed by atoms with Gasteiger partial charge in [-0.2, -0.15) is 5.10 Å². The van der Waals surface area contributed by atoms with Gasteiger partial charge in [0.1, 0.15) is 9.21 Å². The average molecular weight is 361 g/mol. The van der Waals surface area contributed by atoms with Gasteiger partial charge in [0, 0.05) is 13.2 Å². The Morgan fingerprint density at radius 3 is 2.76 bits per heavy atom. The second-order valence-electron chi connectivity index (χ2n) is 3.19. The summed E-state index contributed by atoms with van der Waals surface area (Å²) in [6, 6.07) is 0. The second kappa shape index (κ2) is 4.92. The van der Waals surface area contributed by atoms with Gasteiger partial charge in [0.25, 0.3) is 5.91 Å². The minimum Gasteiger partial charge on any atom is -0.304 e. The van der Waals surface area contributed by atoms with Gasteiger partial charge < -0.3 is 5.32 Å². The first-order valence-corrected chi connectivity index (χ1v) is 6.13. The van der Waals surface area contributed by atoms with E-state index in [4.69, 9.17) is 0 Å². The molecule has 0 bridgehead atoms. The number of halogens is 2. The summed E-state index contributed by atoms with van der Waals surface area (Å²) in [4.78, 5) is 19.9. The standard InChI is InChI=1S/C9H7Br2N5O/c1-16-4-5(2-13-16)9(17)15-8-7(11)14-6(10)3-12-8/h2-4H,1H3,(H,12,15,17). The lowest BCUT2D eigenvalue weighted by molar-refractivity contribution is 0.102. The lowest BCUT2D eigenvalue weighted by atomic mass is 10.3. The van der Waals surface area contributed by atoms with Crippen molar-refractivity contribution in [2.75, 3.05) is 5.32 Å². The van der Waals surface area contributed by atoms with Crippen LogP contribution in [-0.2, 0) is 7.05 Å². The van der Waals surface area contributed by atoms with Crippen molar-refractivity contribution >= 4 is 43.6 Å². The Kier molecular flexibility index (Phi) is 3.53. The molecule has 0 radical (unpaired) electrons. The molecule has 8 heteroatoms. The van der Waals surface area contributed by atoms with Crippen molar-refractivity contribution in [3.63, 3.8) is 0 Å². The number of carbonyl (C=O) groups is 1. The van der Waals surface area contributed by atoms with Crippen LogP contribution in [0.5, 0.6) is 0 Å².